The Balaban J connectivity index is 0.000000428. The number of aromatic hydroxyl groups is 1. The van der Waals surface area contributed by atoms with Gasteiger partial charge in [0.1, 0.15) is 18.1 Å². The number of allylic oxidation sites excluding steroid dienone is 1. The maximum atomic E-state index is 9.28. The summed E-state index contributed by atoms with van der Waals surface area (Å²) in [7, 11) is 0. The Morgan fingerprint density at radius 1 is 0.889 bits per heavy atom. The van der Waals surface area contributed by atoms with Gasteiger partial charge in [-0.1, -0.05) is 98.8 Å². The Kier molecular flexibility index (Phi) is 14.0. The van der Waals surface area contributed by atoms with Crippen LogP contribution in [0.4, 0.5) is 0 Å². The predicted molar refractivity (Wildman–Crippen MR) is 122 cm³/mol. The van der Waals surface area contributed by atoms with Crippen molar-refractivity contribution in [2.24, 2.45) is 0 Å². The highest BCUT2D eigenvalue weighted by Crippen LogP contribution is 2.25. The number of para-hydroxylation sites is 2. The van der Waals surface area contributed by atoms with Crippen LogP contribution in [0.2, 0.25) is 0 Å². The van der Waals surface area contributed by atoms with Crippen LogP contribution in [0.1, 0.15) is 50.7 Å². The SMILES string of the molecule is C=CCBr.C=CCOc1ccccc1C(C)C.CC(C)c1ccccc1O. The van der Waals surface area contributed by atoms with Crippen molar-refractivity contribution in [3.05, 3.63) is 85.0 Å². The third-order valence-corrected chi connectivity index (χ3v) is 4.02. The second kappa shape index (κ2) is 15.1. The van der Waals surface area contributed by atoms with E-state index in [1.54, 1.807) is 18.2 Å². The smallest absolute Gasteiger partial charge is 0.123 e. The lowest BCUT2D eigenvalue weighted by Crippen LogP contribution is -1.98. The molecule has 0 unspecified atom stereocenters. The summed E-state index contributed by atoms with van der Waals surface area (Å²) in [5.74, 6) is 2.28. The van der Waals surface area contributed by atoms with Crippen molar-refractivity contribution >= 4 is 15.9 Å². The molecule has 0 amide bonds. The molecule has 0 saturated carbocycles. The summed E-state index contributed by atoms with van der Waals surface area (Å²) in [4.78, 5) is 0. The van der Waals surface area contributed by atoms with Gasteiger partial charge in [0.2, 0.25) is 0 Å². The summed E-state index contributed by atoms with van der Waals surface area (Å²) in [6, 6.07) is 15.6. The lowest BCUT2D eigenvalue weighted by molar-refractivity contribution is 0.357. The van der Waals surface area contributed by atoms with Crippen LogP contribution in [0.3, 0.4) is 0 Å². The molecule has 1 N–H and O–H groups in total. The highest BCUT2D eigenvalue weighted by atomic mass is 79.9. The van der Waals surface area contributed by atoms with Crippen LogP contribution in [0.25, 0.3) is 0 Å². The number of benzene rings is 2. The molecule has 2 aromatic rings. The minimum atomic E-state index is 0.400. The van der Waals surface area contributed by atoms with E-state index in [1.165, 1.54) is 5.56 Å². The zero-order valence-corrected chi connectivity index (χ0v) is 18.6. The topological polar surface area (TPSA) is 29.5 Å². The Labute approximate surface area is 173 Å². The number of rotatable bonds is 6. The Hall–Kier alpha value is -2.00. The maximum absolute atomic E-state index is 9.28. The highest BCUT2D eigenvalue weighted by Gasteiger charge is 2.05. The van der Waals surface area contributed by atoms with Crippen LogP contribution in [0.5, 0.6) is 11.5 Å². The maximum Gasteiger partial charge on any atom is 0.123 e. The van der Waals surface area contributed by atoms with Gasteiger partial charge in [0.05, 0.1) is 0 Å². The van der Waals surface area contributed by atoms with Crippen molar-refractivity contribution in [3.63, 3.8) is 0 Å². The molecule has 0 heterocycles. The molecule has 0 aliphatic rings. The quantitative estimate of drug-likeness (QED) is 0.379. The van der Waals surface area contributed by atoms with Crippen molar-refractivity contribution in [3.8, 4) is 11.5 Å². The second-order valence-electron chi connectivity index (χ2n) is 6.45. The van der Waals surface area contributed by atoms with E-state index in [9.17, 15) is 5.11 Å². The molecule has 0 saturated heterocycles. The van der Waals surface area contributed by atoms with Gasteiger partial charge in [-0.15, -0.1) is 6.58 Å². The van der Waals surface area contributed by atoms with Gasteiger partial charge in [-0.05, 0) is 35.1 Å². The minimum absolute atomic E-state index is 0.400. The molecule has 27 heavy (non-hydrogen) atoms. The zero-order valence-electron chi connectivity index (χ0n) is 17.0. The fraction of sp³-hybridized carbons (Fsp3) is 0.333. The first-order valence-electron chi connectivity index (χ1n) is 9.16. The van der Waals surface area contributed by atoms with Gasteiger partial charge in [0.25, 0.3) is 0 Å². The van der Waals surface area contributed by atoms with Crippen LogP contribution in [-0.4, -0.2) is 17.0 Å². The van der Waals surface area contributed by atoms with Gasteiger partial charge in [0, 0.05) is 5.33 Å². The molecule has 0 spiro atoms. The third-order valence-electron chi connectivity index (χ3n) is 3.57. The minimum Gasteiger partial charge on any atom is -0.508 e. The first-order chi connectivity index (χ1) is 12.9. The number of halogens is 1. The summed E-state index contributed by atoms with van der Waals surface area (Å²) in [5, 5.41) is 10.2. The van der Waals surface area contributed by atoms with Gasteiger partial charge < -0.3 is 9.84 Å². The van der Waals surface area contributed by atoms with E-state index >= 15 is 0 Å². The van der Waals surface area contributed by atoms with Crippen molar-refractivity contribution < 1.29 is 9.84 Å². The molecule has 148 valence electrons. The summed E-state index contributed by atoms with van der Waals surface area (Å²) < 4.78 is 5.53. The van der Waals surface area contributed by atoms with E-state index in [0.717, 1.165) is 16.6 Å². The molecule has 0 atom stereocenters. The fourth-order valence-corrected chi connectivity index (χ4v) is 2.21. The molecule has 0 aliphatic heterocycles. The average molecular weight is 433 g/mol. The Morgan fingerprint density at radius 3 is 1.78 bits per heavy atom. The number of alkyl halides is 1. The molecule has 0 fully saturated rings. The standard InChI is InChI=1S/C12H16O.C9H12O.C3H5Br/c1-4-9-13-12-8-6-5-7-11(12)10(2)3;1-7(2)8-5-3-4-6-9(8)10;1-2-3-4/h4-8,10H,1,9H2,2-3H3;3-7,10H,1-2H3;2H,1,3H2. The number of phenolic OH excluding ortho intramolecular Hbond substituents is 1. The third kappa shape index (κ3) is 10.7. The van der Waals surface area contributed by atoms with Crippen LogP contribution >= 0.6 is 15.9 Å². The number of ether oxygens (including phenoxy) is 1. The van der Waals surface area contributed by atoms with Crippen LogP contribution in [-0.2, 0) is 0 Å². The number of hydrogen-bond acceptors (Lipinski definition) is 2. The molecule has 0 aliphatic carbocycles. The summed E-state index contributed by atoms with van der Waals surface area (Å²) in [5.41, 5.74) is 2.27. The van der Waals surface area contributed by atoms with E-state index in [4.69, 9.17) is 4.74 Å². The molecular weight excluding hydrogens is 400 g/mol. The molecule has 2 nitrogen and oxygen atoms in total. The van der Waals surface area contributed by atoms with Gasteiger partial charge in [0.15, 0.2) is 0 Å². The molecule has 0 bridgehead atoms. The zero-order chi connectivity index (χ0) is 20.7. The first kappa shape index (κ1) is 25.0. The molecule has 0 aromatic heterocycles. The average Bonchev–Trinajstić information content (AvgIpc) is 2.67. The van der Waals surface area contributed by atoms with Gasteiger partial charge in [-0.3, -0.25) is 0 Å². The van der Waals surface area contributed by atoms with E-state index in [2.05, 4.69) is 62.8 Å². The van der Waals surface area contributed by atoms with E-state index in [0.29, 0.717) is 24.2 Å². The summed E-state index contributed by atoms with van der Waals surface area (Å²) in [6.07, 6.45) is 3.55. The summed E-state index contributed by atoms with van der Waals surface area (Å²) in [6.45, 7) is 16.1. The largest absolute Gasteiger partial charge is 0.508 e. The molecular formula is C24H33BrO2. The lowest BCUT2D eigenvalue weighted by Gasteiger charge is -2.12. The normalized spacial score (nSPS) is 9.59. The van der Waals surface area contributed by atoms with Crippen LogP contribution in [0.15, 0.2) is 73.8 Å². The predicted octanol–water partition coefficient (Wildman–Crippen LogP) is 7.46. The van der Waals surface area contributed by atoms with Crippen molar-refractivity contribution in [2.45, 2.75) is 39.5 Å². The number of phenols is 1. The lowest BCUT2D eigenvalue weighted by atomic mass is 10.0. The van der Waals surface area contributed by atoms with Crippen LogP contribution < -0.4 is 4.74 Å². The van der Waals surface area contributed by atoms with Crippen LogP contribution in [0, 0.1) is 0 Å². The Morgan fingerprint density at radius 2 is 1.37 bits per heavy atom. The van der Waals surface area contributed by atoms with Gasteiger partial charge in [-0.25, -0.2) is 0 Å². The highest BCUT2D eigenvalue weighted by molar-refractivity contribution is 9.09. The molecule has 2 rings (SSSR count). The molecule has 0 radical (unpaired) electrons. The van der Waals surface area contributed by atoms with Gasteiger partial charge >= 0.3 is 0 Å². The summed E-state index contributed by atoms with van der Waals surface area (Å²) >= 11 is 3.13. The Bertz CT molecular complexity index is 663. The second-order valence-corrected chi connectivity index (χ2v) is 7.10. The van der Waals surface area contributed by atoms with E-state index in [1.807, 2.05) is 36.4 Å². The fourth-order valence-electron chi connectivity index (χ4n) is 2.21. The first-order valence-corrected chi connectivity index (χ1v) is 10.3. The van der Waals surface area contributed by atoms with E-state index < -0.39 is 0 Å². The van der Waals surface area contributed by atoms with E-state index in [-0.39, 0.29) is 0 Å². The van der Waals surface area contributed by atoms with Gasteiger partial charge in [-0.2, -0.15) is 0 Å². The van der Waals surface area contributed by atoms with Crippen molar-refractivity contribution in [1.82, 2.24) is 0 Å². The molecule has 3 heteroatoms. The molecule has 2 aromatic carbocycles. The van der Waals surface area contributed by atoms with Crippen molar-refractivity contribution in [2.75, 3.05) is 11.9 Å². The monoisotopic (exact) mass is 432 g/mol. The number of hydrogen-bond donors (Lipinski definition) is 1. The van der Waals surface area contributed by atoms with Crippen molar-refractivity contribution in [1.29, 1.82) is 0 Å².